The van der Waals surface area contributed by atoms with Gasteiger partial charge in [0.15, 0.2) is 0 Å². The summed E-state index contributed by atoms with van der Waals surface area (Å²) in [5.41, 5.74) is 6.82. The molecule has 6 heteroatoms. The molecular formula is C26H29N5O. The van der Waals surface area contributed by atoms with E-state index in [-0.39, 0.29) is 0 Å². The first-order chi connectivity index (χ1) is 15.5. The number of hydrogen-bond acceptors (Lipinski definition) is 6. The third-order valence-corrected chi connectivity index (χ3v) is 6.62. The maximum atomic E-state index is 9.49. The van der Waals surface area contributed by atoms with Crippen LogP contribution in [0.15, 0.2) is 65.2 Å². The average Bonchev–Trinajstić information content (AvgIpc) is 3.16. The van der Waals surface area contributed by atoms with Crippen molar-refractivity contribution in [1.82, 2.24) is 14.8 Å². The molecule has 0 spiro atoms. The minimum Gasteiger partial charge on any atom is -0.493 e. The fourth-order valence-electron chi connectivity index (χ4n) is 4.97. The Balaban J connectivity index is 1.43. The van der Waals surface area contributed by atoms with Crippen LogP contribution in [0.3, 0.4) is 0 Å². The molecule has 3 aliphatic rings. The van der Waals surface area contributed by atoms with Crippen LogP contribution >= 0.6 is 0 Å². The number of aromatic nitrogens is 1. The molecule has 1 fully saturated rings. The van der Waals surface area contributed by atoms with Gasteiger partial charge in [-0.2, -0.15) is 5.26 Å². The number of nitriles is 1. The zero-order valence-electron chi connectivity index (χ0n) is 19.0. The normalized spacial score (nSPS) is 20.2. The molecule has 164 valence electrons. The van der Waals surface area contributed by atoms with Gasteiger partial charge in [-0.25, -0.2) is 0 Å². The van der Waals surface area contributed by atoms with Gasteiger partial charge in [0.05, 0.1) is 17.6 Å². The zero-order valence-corrected chi connectivity index (χ0v) is 19.0. The number of nitrogens with zero attached hydrogens (tertiary/aromatic N) is 5. The molecule has 0 radical (unpaired) electrons. The van der Waals surface area contributed by atoms with Gasteiger partial charge < -0.3 is 19.4 Å². The van der Waals surface area contributed by atoms with Crippen LogP contribution in [-0.4, -0.2) is 67.7 Å². The fraction of sp³-hybridized carbons (Fsp3) is 0.385. The number of pyridine rings is 1. The Morgan fingerprint density at radius 2 is 2.12 bits per heavy atom. The van der Waals surface area contributed by atoms with Crippen molar-refractivity contribution < 1.29 is 4.74 Å². The van der Waals surface area contributed by atoms with Crippen LogP contribution in [0.4, 0.5) is 5.69 Å². The van der Waals surface area contributed by atoms with E-state index in [1.807, 2.05) is 12.1 Å². The van der Waals surface area contributed by atoms with Crippen LogP contribution in [0, 0.1) is 11.3 Å². The molecule has 1 aliphatic carbocycles. The second-order valence-corrected chi connectivity index (χ2v) is 9.06. The number of benzene rings is 1. The maximum Gasteiger partial charge on any atom is 0.116 e. The van der Waals surface area contributed by atoms with Gasteiger partial charge in [0.2, 0.25) is 0 Å². The molecule has 0 bridgehead atoms. The van der Waals surface area contributed by atoms with Gasteiger partial charge in [0.1, 0.15) is 18.4 Å². The number of ether oxygens (including phenoxy) is 1. The molecule has 1 aromatic heterocycles. The van der Waals surface area contributed by atoms with Crippen molar-refractivity contribution in [1.29, 1.82) is 5.26 Å². The quantitative estimate of drug-likeness (QED) is 0.726. The molecule has 6 nitrogen and oxygen atoms in total. The van der Waals surface area contributed by atoms with E-state index in [2.05, 4.69) is 71.1 Å². The first-order valence-electron chi connectivity index (χ1n) is 11.2. The van der Waals surface area contributed by atoms with Crippen molar-refractivity contribution in [2.75, 3.05) is 51.8 Å². The highest BCUT2D eigenvalue weighted by molar-refractivity contribution is 5.95. The number of likely N-dealkylation sites (N-methyl/N-ethyl adjacent to an activating group) is 1. The predicted octanol–water partition coefficient (Wildman–Crippen LogP) is 3.68. The van der Waals surface area contributed by atoms with Crippen LogP contribution in [0.25, 0.3) is 10.9 Å². The Bertz CT molecular complexity index is 1190. The van der Waals surface area contributed by atoms with Gasteiger partial charge in [-0.05, 0) is 75.0 Å². The van der Waals surface area contributed by atoms with E-state index in [1.165, 1.54) is 16.8 Å². The lowest BCUT2D eigenvalue weighted by Gasteiger charge is -2.42. The second kappa shape index (κ2) is 8.33. The molecule has 32 heavy (non-hydrogen) atoms. The summed E-state index contributed by atoms with van der Waals surface area (Å²) in [5.74, 6) is 1.000. The summed E-state index contributed by atoms with van der Waals surface area (Å²) in [5, 5.41) is 10.5. The SMILES string of the molecule is C[C@@H]1CN(c2ccc(C#N)c3ncccc23)CC2=C3CC=C(OCCN(C)C)C=C3CN21. The number of piperazine rings is 1. The first-order valence-corrected chi connectivity index (χ1v) is 11.2. The summed E-state index contributed by atoms with van der Waals surface area (Å²) in [7, 11) is 4.13. The van der Waals surface area contributed by atoms with E-state index >= 15 is 0 Å². The lowest BCUT2D eigenvalue weighted by molar-refractivity contribution is 0.191. The van der Waals surface area contributed by atoms with Crippen LogP contribution in [0.2, 0.25) is 0 Å². The van der Waals surface area contributed by atoms with Crippen molar-refractivity contribution in [3.05, 3.63) is 70.8 Å². The molecule has 1 atom stereocenters. The Hall–Kier alpha value is -3.30. The Morgan fingerprint density at radius 3 is 2.94 bits per heavy atom. The van der Waals surface area contributed by atoms with Crippen molar-refractivity contribution in [3.8, 4) is 6.07 Å². The van der Waals surface area contributed by atoms with Gasteiger partial charge in [0.25, 0.3) is 0 Å². The molecule has 0 unspecified atom stereocenters. The third-order valence-electron chi connectivity index (χ3n) is 6.62. The molecule has 2 aliphatic heterocycles. The molecule has 1 aromatic carbocycles. The number of anilines is 1. The van der Waals surface area contributed by atoms with E-state index < -0.39 is 0 Å². The fourth-order valence-corrected chi connectivity index (χ4v) is 4.97. The van der Waals surface area contributed by atoms with Gasteiger partial charge in [0, 0.05) is 48.6 Å². The van der Waals surface area contributed by atoms with Gasteiger partial charge in [-0.15, -0.1) is 0 Å². The van der Waals surface area contributed by atoms with Crippen molar-refractivity contribution in [2.24, 2.45) is 0 Å². The zero-order chi connectivity index (χ0) is 22.2. The summed E-state index contributed by atoms with van der Waals surface area (Å²) in [4.78, 5) is 11.6. The molecule has 0 N–H and O–H groups in total. The molecular weight excluding hydrogens is 398 g/mol. The van der Waals surface area contributed by atoms with Gasteiger partial charge in [-0.1, -0.05) is 0 Å². The molecule has 5 rings (SSSR count). The summed E-state index contributed by atoms with van der Waals surface area (Å²) >= 11 is 0. The van der Waals surface area contributed by atoms with Crippen LogP contribution < -0.4 is 4.90 Å². The van der Waals surface area contributed by atoms with Crippen LogP contribution in [0.1, 0.15) is 18.9 Å². The molecule has 3 heterocycles. The highest BCUT2D eigenvalue weighted by Crippen LogP contribution is 2.40. The lowest BCUT2D eigenvalue weighted by Crippen LogP contribution is -2.49. The maximum absolute atomic E-state index is 9.49. The summed E-state index contributed by atoms with van der Waals surface area (Å²) < 4.78 is 6.00. The Kier molecular flexibility index (Phi) is 5.36. The first kappa shape index (κ1) is 20.6. The predicted molar refractivity (Wildman–Crippen MR) is 127 cm³/mol. The van der Waals surface area contributed by atoms with Crippen LogP contribution in [-0.2, 0) is 4.74 Å². The minimum absolute atomic E-state index is 0.401. The highest BCUT2D eigenvalue weighted by atomic mass is 16.5. The second-order valence-electron chi connectivity index (χ2n) is 9.06. The van der Waals surface area contributed by atoms with E-state index in [1.54, 1.807) is 6.20 Å². The summed E-state index contributed by atoms with van der Waals surface area (Å²) in [6.45, 7) is 6.71. The lowest BCUT2D eigenvalue weighted by atomic mass is 9.97. The largest absolute Gasteiger partial charge is 0.493 e. The Morgan fingerprint density at radius 1 is 1.25 bits per heavy atom. The topological polar surface area (TPSA) is 55.6 Å². The molecule has 2 aromatic rings. The highest BCUT2D eigenvalue weighted by Gasteiger charge is 2.36. The summed E-state index contributed by atoms with van der Waals surface area (Å²) in [6.07, 6.45) is 7.14. The van der Waals surface area contributed by atoms with Crippen molar-refractivity contribution >= 4 is 16.6 Å². The van der Waals surface area contributed by atoms with Crippen molar-refractivity contribution in [3.63, 3.8) is 0 Å². The van der Waals surface area contributed by atoms with Gasteiger partial charge >= 0.3 is 0 Å². The summed E-state index contributed by atoms with van der Waals surface area (Å²) in [6, 6.07) is 10.7. The van der Waals surface area contributed by atoms with E-state index in [0.717, 1.165) is 54.9 Å². The standard InChI is InChI=1S/C26H29N5O/c1-18-15-30(24-9-6-19(14-27)26-23(24)5-4-10-28-26)17-25-22-8-7-21(32-12-11-29(2)3)13-20(22)16-31(18)25/h4-7,9-10,13,18H,8,11-12,15-17H2,1-3H3/t18-/m1/s1. The van der Waals surface area contributed by atoms with E-state index in [9.17, 15) is 5.26 Å². The minimum atomic E-state index is 0.401. The monoisotopic (exact) mass is 427 g/mol. The number of rotatable bonds is 5. The van der Waals surface area contributed by atoms with E-state index in [0.29, 0.717) is 18.2 Å². The molecule has 0 amide bonds. The molecule has 1 saturated heterocycles. The Labute approximate surface area is 189 Å². The van der Waals surface area contributed by atoms with Crippen LogP contribution in [0.5, 0.6) is 0 Å². The number of allylic oxidation sites excluding steroid dienone is 2. The van der Waals surface area contributed by atoms with Gasteiger partial charge in [-0.3, -0.25) is 4.98 Å². The number of fused-ring (bicyclic) bond motifs is 3. The van der Waals surface area contributed by atoms with Crippen molar-refractivity contribution in [2.45, 2.75) is 19.4 Å². The van der Waals surface area contributed by atoms with E-state index in [4.69, 9.17) is 4.74 Å². The molecule has 0 saturated carbocycles. The smallest absolute Gasteiger partial charge is 0.116 e. The third kappa shape index (κ3) is 3.63. The number of hydrogen-bond donors (Lipinski definition) is 0. The average molecular weight is 428 g/mol.